The Morgan fingerprint density at radius 2 is 1.82 bits per heavy atom. The maximum absolute atomic E-state index is 13.8. The van der Waals surface area contributed by atoms with Gasteiger partial charge in [-0.25, -0.2) is 9.37 Å². The van der Waals surface area contributed by atoms with Gasteiger partial charge >= 0.3 is 0 Å². The zero-order valence-corrected chi connectivity index (χ0v) is 16.3. The minimum absolute atomic E-state index is 0.0799. The summed E-state index contributed by atoms with van der Waals surface area (Å²) in [5.41, 5.74) is 1.99. The van der Waals surface area contributed by atoms with E-state index in [2.05, 4.69) is 4.98 Å². The largest absolute Gasteiger partial charge is 0.507 e. The van der Waals surface area contributed by atoms with Crippen LogP contribution in [0.1, 0.15) is 6.42 Å². The summed E-state index contributed by atoms with van der Waals surface area (Å²) < 4.78 is 13.8. The number of aliphatic hydroxyl groups excluding tert-OH is 1. The molecule has 4 rings (SSSR count). The van der Waals surface area contributed by atoms with Gasteiger partial charge in [0.15, 0.2) is 0 Å². The maximum atomic E-state index is 13.8. The van der Waals surface area contributed by atoms with Crippen LogP contribution in [-0.2, 0) is 0 Å². The topological polar surface area (TPSA) is 56.6 Å². The Kier molecular flexibility index (Phi) is 5.15. The van der Waals surface area contributed by atoms with Gasteiger partial charge in [0.1, 0.15) is 17.4 Å². The number of aromatic nitrogens is 1. The predicted octanol–water partition coefficient (Wildman–Crippen LogP) is 5.14. The number of aliphatic hydroxyl groups is 1. The van der Waals surface area contributed by atoms with Crippen LogP contribution < -0.4 is 4.90 Å². The van der Waals surface area contributed by atoms with Crippen LogP contribution in [0.2, 0.25) is 10.0 Å². The summed E-state index contributed by atoms with van der Waals surface area (Å²) in [5, 5.41) is 21.1. The van der Waals surface area contributed by atoms with E-state index in [9.17, 15) is 14.6 Å². The van der Waals surface area contributed by atoms with Crippen LogP contribution >= 0.6 is 23.2 Å². The van der Waals surface area contributed by atoms with Crippen molar-refractivity contribution < 1.29 is 14.6 Å². The molecule has 1 aliphatic rings. The number of nitrogens with zero attached hydrogens (tertiary/aromatic N) is 2. The molecule has 4 nitrogen and oxygen atoms in total. The molecule has 0 aliphatic carbocycles. The first-order valence-corrected chi connectivity index (χ1v) is 9.56. The highest BCUT2D eigenvalue weighted by atomic mass is 35.5. The van der Waals surface area contributed by atoms with E-state index < -0.39 is 11.9 Å². The Balaban J connectivity index is 1.92. The highest BCUT2D eigenvalue weighted by Gasteiger charge is 2.23. The van der Waals surface area contributed by atoms with Crippen molar-refractivity contribution >= 4 is 29.0 Å². The van der Waals surface area contributed by atoms with Crippen LogP contribution in [0.25, 0.3) is 22.4 Å². The van der Waals surface area contributed by atoms with E-state index in [0.717, 1.165) is 0 Å². The minimum Gasteiger partial charge on any atom is -0.507 e. The predicted molar refractivity (Wildman–Crippen MR) is 110 cm³/mol. The molecule has 0 radical (unpaired) electrons. The standard InChI is InChI=1S/C21H17Cl2FN2O2/c22-16-2-1-3-17(23)21(16)12-8-18(15-10-13(24)4-5-19(15)28)25-20(9-12)26-7-6-14(27)11-26/h1-5,8-10,14,27-28H,6-7,11H2. The van der Waals surface area contributed by atoms with Crippen molar-refractivity contribution in [3.05, 3.63) is 64.4 Å². The lowest BCUT2D eigenvalue weighted by Crippen LogP contribution is -2.22. The molecule has 2 N–H and O–H groups in total. The smallest absolute Gasteiger partial charge is 0.129 e. The van der Waals surface area contributed by atoms with Gasteiger partial charge in [-0.2, -0.15) is 0 Å². The van der Waals surface area contributed by atoms with Gasteiger partial charge in [0, 0.05) is 34.3 Å². The summed E-state index contributed by atoms with van der Waals surface area (Å²) in [6.07, 6.45) is 0.208. The summed E-state index contributed by atoms with van der Waals surface area (Å²) in [6.45, 7) is 1.09. The van der Waals surface area contributed by atoms with Crippen molar-refractivity contribution in [2.45, 2.75) is 12.5 Å². The Bertz CT molecular complexity index is 1020. The van der Waals surface area contributed by atoms with Gasteiger partial charge in [0.05, 0.1) is 11.8 Å². The van der Waals surface area contributed by atoms with Gasteiger partial charge < -0.3 is 15.1 Å². The van der Waals surface area contributed by atoms with Crippen molar-refractivity contribution in [1.82, 2.24) is 4.98 Å². The van der Waals surface area contributed by atoms with E-state index in [1.807, 2.05) is 11.0 Å². The second-order valence-electron chi connectivity index (χ2n) is 6.75. The maximum Gasteiger partial charge on any atom is 0.129 e. The van der Waals surface area contributed by atoms with Crippen molar-refractivity contribution in [3.63, 3.8) is 0 Å². The number of pyridine rings is 1. The Morgan fingerprint density at radius 1 is 1.07 bits per heavy atom. The average Bonchev–Trinajstić information content (AvgIpc) is 3.10. The molecule has 2 aromatic carbocycles. The van der Waals surface area contributed by atoms with Crippen LogP contribution in [0.5, 0.6) is 5.75 Å². The van der Waals surface area contributed by atoms with Crippen molar-refractivity contribution in [2.75, 3.05) is 18.0 Å². The molecule has 1 unspecified atom stereocenters. The molecule has 0 bridgehead atoms. The van der Waals surface area contributed by atoms with Crippen molar-refractivity contribution in [1.29, 1.82) is 0 Å². The summed E-state index contributed by atoms with van der Waals surface area (Å²) in [4.78, 5) is 6.55. The molecule has 1 saturated heterocycles. The second kappa shape index (κ2) is 7.59. The number of hydrogen-bond acceptors (Lipinski definition) is 4. The first-order chi connectivity index (χ1) is 13.4. The van der Waals surface area contributed by atoms with Crippen molar-refractivity contribution in [2.24, 2.45) is 0 Å². The number of aromatic hydroxyl groups is 1. The average molecular weight is 419 g/mol. The molecule has 28 heavy (non-hydrogen) atoms. The lowest BCUT2D eigenvalue weighted by Gasteiger charge is -2.20. The molecular weight excluding hydrogens is 402 g/mol. The number of phenols is 1. The number of benzene rings is 2. The van der Waals surface area contributed by atoms with Crippen LogP contribution in [-0.4, -0.2) is 34.4 Å². The summed E-state index contributed by atoms with van der Waals surface area (Å²) in [7, 11) is 0. The fourth-order valence-electron chi connectivity index (χ4n) is 3.40. The Labute approximate surface area is 171 Å². The van der Waals surface area contributed by atoms with E-state index in [-0.39, 0.29) is 11.3 Å². The molecule has 0 saturated carbocycles. The van der Waals surface area contributed by atoms with Gasteiger partial charge in [0.2, 0.25) is 0 Å². The third-order valence-corrected chi connectivity index (χ3v) is 5.42. The van der Waals surface area contributed by atoms with E-state index >= 15 is 0 Å². The van der Waals surface area contributed by atoms with E-state index in [4.69, 9.17) is 23.2 Å². The summed E-state index contributed by atoms with van der Waals surface area (Å²) in [6, 6.07) is 12.5. The van der Waals surface area contributed by atoms with Gasteiger partial charge in [-0.05, 0) is 54.4 Å². The number of rotatable bonds is 3. The highest BCUT2D eigenvalue weighted by Crippen LogP contribution is 2.39. The van der Waals surface area contributed by atoms with E-state index in [1.54, 1.807) is 24.3 Å². The molecule has 1 aliphatic heterocycles. The summed E-state index contributed by atoms with van der Waals surface area (Å²) >= 11 is 12.8. The highest BCUT2D eigenvalue weighted by molar-refractivity contribution is 6.39. The Hall–Kier alpha value is -2.34. The molecule has 7 heteroatoms. The molecule has 2 heterocycles. The third-order valence-electron chi connectivity index (χ3n) is 4.79. The van der Waals surface area contributed by atoms with Crippen LogP contribution in [0, 0.1) is 5.82 Å². The first kappa shape index (κ1) is 19.0. The number of hydrogen-bond donors (Lipinski definition) is 2. The molecule has 1 aromatic heterocycles. The Morgan fingerprint density at radius 3 is 2.50 bits per heavy atom. The zero-order valence-electron chi connectivity index (χ0n) is 14.7. The van der Waals surface area contributed by atoms with Gasteiger partial charge in [-0.3, -0.25) is 0 Å². The fourth-order valence-corrected chi connectivity index (χ4v) is 4.01. The first-order valence-electron chi connectivity index (χ1n) is 8.81. The minimum atomic E-state index is -0.478. The van der Waals surface area contributed by atoms with Crippen LogP contribution in [0.15, 0.2) is 48.5 Å². The van der Waals surface area contributed by atoms with E-state index in [1.165, 1.54) is 18.2 Å². The normalized spacial score (nSPS) is 16.6. The third kappa shape index (κ3) is 3.65. The number of anilines is 1. The SMILES string of the molecule is Oc1ccc(F)cc1-c1cc(-c2c(Cl)cccc2Cl)cc(N2CCC(O)C2)n1. The molecule has 0 amide bonds. The lowest BCUT2D eigenvalue weighted by atomic mass is 10.0. The number of halogens is 3. The molecule has 144 valence electrons. The van der Waals surface area contributed by atoms with Gasteiger partial charge in [0.25, 0.3) is 0 Å². The fraction of sp³-hybridized carbons (Fsp3) is 0.190. The number of phenolic OH excluding ortho intramolecular Hbond substituents is 1. The summed E-state index contributed by atoms with van der Waals surface area (Å²) in [5.74, 6) is 0.0429. The lowest BCUT2D eigenvalue weighted by molar-refractivity contribution is 0.198. The molecule has 3 aromatic rings. The molecule has 0 spiro atoms. The van der Waals surface area contributed by atoms with Gasteiger partial charge in [-0.1, -0.05) is 29.3 Å². The second-order valence-corrected chi connectivity index (χ2v) is 7.56. The molecule has 1 atom stereocenters. The quantitative estimate of drug-likeness (QED) is 0.618. The monoisotopic (exact) mass is 418 g/mol. The van der Waals surface area contributed by atoms with Crippen molar-refractivity contribution in [3.8, 4) is 28.1 Å². The zero-order chi connectivity index (χ0) is 19.8. The molecule has 1 fully saturated rings. The van der Waals surface area contributed by atoms with Crippen LogP contribution in [0.4, 0.5) is 10.2 Å². The molecular formula is C21H17Cl2FN2O2. The number of β-amino-alcohol motifs (C(OH)–C–C–N with tert-alkyl or cyclic N) is 1. The van der Waals surface area contributed by atoms with E-state index in [0.29, 0.717) is 52.2 Å². The van der Waals surface area contributed by atoms with Gasteiger partial charge in [-0.15, -0.1) is 0 Å². The van der Waals surface area contributed by atoms with Crippen LogP contribution in [0.3, 0.4) is 0 Å².